The number of fused-ring (bicyclic) bond motifs is 1. The first-order chi connectivity index (χ1) is 20.2. The number of anilines is 2. The van der Waals surface area contributed by atoms with Crippen LogP contribution in [0.3, 0.4) is 0 Å². The average Bonchev–Trinajstić information content (AvgIpc) is 3.41. The van der Waals surface area contributed by atoms with E-state index in [1.165, 1.54) is 89.9 Å². The van der Waals surface area contributed by atoms with Gasteiger partial charge in [-0.2, -0.15) is 4.98 Å². The molecule has 1 fully saturated rings. The highest BCUT2D eigenvalue weighted by molar-refractivity contribution is 6.03. The Hall–Kier alpha value is -2.62. The number of nitrogens with one attached hydrogen (secondary N) is 2. The molecule has 41 heavy (non-hydrogen) atoms. The lowest BCUT2D eigenvalue weighted by molar-refractivity contribution is -0.116. The molecule has 2 N–H and O–H groups in total. The van der Waals surface area contributed by atoms with Gasteiger partial charge in [-0.25, -0.2) is 9.48 Å². The molecular formula is C31H53N7O3. The number of rotatable bonds is 18. The molecule has 2 amide bonds. The minimum Gasteiger partial charge on any atom is -0.378 e. The molecule has 0 spiro atoms. The van der Waals surface area contributed by atoms with E-state index in [9.17, 15) is 9.59 Å². The molecule has 4 heterocycles. The van der Waals surface area contributed by atoms with E-state index in [4.69, 9.17) is 4.74 Å². The topological polar surface area (TPSA) is 105 Å². The van der Waals surface area contributed by atoms with Gasteiger partial charge in [0.1, 0.15) is 0 Å². The largest absolute Gasteiger partial charge is 0.378 e. The van der Waals surface area contributed by atoms with Crippen molar-refractivity contribution in [2.24, 2.45) is 0 Å². The van der Waals surface area contributed by atoms with E-state index in [-0.39, 0.29) is 18.4 Å². The van der Waals surface area contributed by atoms with Crippen LogP contribution in [0.4, 0.5) is 16.7 Å². The van der Waals surface area contributed by atoms with Crippen LogP contribution in [0, 0.1) is 0 Å². The van der Waals surface area contributed by atoms with E-state index in [2.05, 4.69) is 32.5 Å². The van der Waals surface area contributed by atoms with Crippen LogP contribution < -0.4 is 15.5 Å². The number of carbonyl (C=O) groups excluding carboxylic acids is 2. The number of ether oxygens (including phenoxy) is 1. The molecular weight excluding hydrogens is 518 g/mol. The minimum absolute atomic E-state index is 0.0778. The van der Waals surface area contributed by atoms with Gasteiger partial charge in [0, 0.05) is 26.2 Å². The van der Waals surface area contributed by atoms with Crippen LogP contribution >= 0.6 is 0 Å². The normalized spacial score (nSPS) is 17.0. The number of Topliss-reactive ketones (excluding diaryl/α,β-unsaturated/α-hetero) is 1. The fraction of sp³-hybridized carbons (Fsp3) is 0.806. The summed E-state index contributed by atoms with van der Waals surface area (Å²) < 4.78 is 7.21. The zero-order valence-electron chi connectivity index (χ0n) is 25.4. The van der Waals surface area contributed by atoms with Gasteiger partial charge in [0.15, 0.2) is 5.78 Å². The van der Waals surface area contributed by atoms with Crippen LogP contribution in [-0.4, -0.2) is 77.4 Å². The number of nitrogens with zero attached hydrogens (tertiary/aromatic N) is 5. The summed E-state index contributed by atoms with van der Waals surface area (Å²) in [5.41, 5.74) is 1.45. The molecule has 0 bridgehead atoms. The Kier molecular flexibility index (Phi) is 13.3. The fourth-order valence-corrected chi connectivity index (χ4v) is 5.95. The maximum Gasteiger partial charge on any atom is 0.318 e. The summed E-state index contributed by atoms with van der Waals surface area (Å²) in [5.74, 6) is 1.16. The molecule has 0 saturated carbocycles. The predicted octanol–water partition coefficient (Wildman–Crippen LogP) is 5.65. The van der Waals surface area contributed by atoms with Gasteiger partial charge in [0.05, 0.1) is 32.0 Å². The second kappa shape index (κ2) is 17.4. The van der Waals surface area contributed by atoms with Gasteiger partial charge in [-0.15, -0.1) is 5.10 Å². The highest BCUT2D eigenvalue weighted by Crippen LogP contribution is 2.27. The Morgan fingerprint density at radius 1 is 0.829 bits per heavy atom. The van der Waals surface area contributed by atoms with Gasteiger partial charge in [-0.1, -0.05) is 103 Å². The molecule has 0 aliphatic carbocycles. The Morgan fingerprint density at radius 2 is 1.41 bits per heavy atom. The summed E-state index contributed by atoms with van der Waals surface area (Å²) in [6, 6.07) is -0.163. The zero-order valence-corrected chi connectivity index (χ0v) is 25.4. The third kappa shape index (κ3) is 10.0. The Bertz CT molecular complexity index is 986. The van der Waals surface area contributed by atoms with Crippen molar-refractivity contribution in [1.29, 1.82) is 0 Å². The number of morpholine rings is 1. The lowest BCUT2D eigenvalue weighted by Crippen LogP contribution is -2.49. The summed E-state index contributed by atoms with van der Waals surface area (Å²) in [6.45, 7) is 6.73. The summed E-state index contributed by atoms with van der Waals surface area (Å²) in [5, 5.41) is 10.8. The molecule has 1 saturated heterocycles. The Labute approximate surface area is 246 Å². The second-order valence-electron chi connectivity index (χ2n) is 11.9. The second-order valence-corrected chi connectivity index (χ2v) is 11.9. The molecule has 4 rings (SSSR count). The molecule has 1 aromatic rings. The maximum atomic E-state index is 12.9. The van der Waals surface area contributed by atoms with Crippen LogP contribution in [-0.2, 0) is 16.1 Å². The van der Waals surface area contributed by atoms with Crippen molar-refractivity contribution >= 4 is 23.7 Å². The van der Waals surface area contributed by atoms with Crippen LogP contribution in [0.5, 0.6) is 0 Å². The van der Waals surface area contributed by atoms with Crippen molar-refractivity contribution in [2.75, 3.05) is 56.2 Å². The monoisotopic (exact) mass is 571 g/mol. The molecule has 0 unspecified atom stereocenters. The molecule has 10 nitrogen and oxygen atoms in total. The molecule has 3 aliphatic rings. The maximum absolute atomic E-state index is 12.9. The number of urea groups is 1. The van der Waals surface area contributed by atoms with Crippen LogP contribution in [0.2, 0.25) is 0 Å². The Balaban J connectivity index is 1.02. The first-order valence-electron chi connectivity index (χ1n) is 16.5. The number of hydrogen-bond donors (Lipinski definition) is 2. The summed E-state index contributed by atoms with van der Waals surface area (Å²) >= 11 is 0. The predicted molar refractivity (Wildman–Crippen MR) is 163 cm³/mol. The first kappa shape index (κ1) is 31.3. The van der Waals surface area contributed by atoms with Gasteiger partial charge < -0.3 is 25.2 Å². The third-order valence-corrected chi connectivity index (χ3v) is 8.47. The van der Waals surface area contributed by atoms with Gasteiger partial charge in [-0.3, -0.25) is 4.79 Å². The van der Waals surface area contributed by atoms with Crippen molar-refractivity contribution < 1.29 is 14.3 Å². The first-order valence-corrected chi connectivity index (χ1v) is 16.5. The van der Waals surface area contributed by atoms with Gasteiger partial charge in [0.25, 0.3) is 0 Å². The van der Waals surface area contributed by atoms with Crippen molar-refractivity contribution in [3.63, 3.8) is 0 Å². The smallest absolute Gasteiger partial charge is 0.318 e. The van der Waals surface area contributed by atoms with E-state index in [1.54, 1.807) is 9.58 Å². The van der Waals surface area contributed by atoms with E-state index in [1.807, 2.05) is 0 Å². The third-order valence-electron chi connectivity index (χ3n) is 8.47. The van der Waals surface area contributed by atoms with Crippen LogP contribution in [0.15, 0.2) is 11.3 Å². The van der Waals surface area contributed by atoms with E-state index < -0.39 is 0 Å². The quantitative estimate of drug-likeness (QED) is 0.219. The van der Waals surface area contributed by atoms with E-state index >= 15 is 0 Å². The van der Waals surface area contributed by atoms with Gasteiger partial charge in [-0.05, 0) is 12.0 Å². The summed E-state index contributed by atoms with van der Waals surface area (Å²) in [4.78, 5) is 34.0. The number of ketones is 1. The molecule has 230 valence electrons. The van der Waals surface area contributed by atoms with Crippen LogP contribution in [0.25, 0.3) is 0 Å². The average molecular weight is 572 g/mol. The number of amides is 2. The number of unbranched alkanes of at least 4 members (excludes halogenated alkanes) is 15. The van der Waals surface area contributed by atoms with Crippen molar-refractivity contribution in [3.05, 3.63) is 11.3 Å². The van der Waals surface area contributed by atoms with Crippen molar-refractivity contribution in [2.45, 2.75) is 116 Å². The molecule has 10 heteroatoms. The Morgan fingerprint density at radius 3 is 2.02 bits per heavy atom. The summed E-state index contributed by atoms with van der Waals surface area (Å²) in [7, 11) is 0. The lowest BCUT2D eigenvalue weighted by Gasteiger charge is -2.32. The molecule has 1 aromatic heterocycles. The van der Waals surface area contributed by atoms with Gasteiger partial charge in [0.2, 0.25) is 11.9 Å². The van der Waals surface area contributed by atoms with Crippen molar-refractivity contribution in [1.82, 2.24) is 25.0 Å². The SMILES string of the molecule is CCCCCCCCCCCCCCCCCCNC(=O)N1CC(=O)C2=C(C1)Cn1nc(N3CCOCC3)nc1N2. The number of hydrogen-bond acceptors (Lipinski definition) is 7. The molecule has 0 atom stereocenters. The van der Waals surface area contributed by atoms with Gasteiger partial charge >= 0.3 is 6.03 Å². The highest BCUT2D eigenvalue weighted by Gasteiger charge is 2.33. The summed E-state index contributed by atoms with van der Waals surface area (Å²) in [6.07, 6.45) is 21.3. The van der Waals surface area contributed by atoms with E-state index in [0.717, 1.165) is 31.5 Å². The standard InChI is InChI=1S/C31H53N7O3/c1-2-3-4-5-6-7-8-9-10-11-12-13-14-15-16-17-18-32-31(40)37-23-26-24-38-29(33-28(26)27(39)25-37)34-30(35-38)36-19-21-41-22-20-36/h2-25H2,1H3,(H,32,40)(H,33,34,35). The number of carbonyl (C=O) groups is 2. The highest BCUT2D eigenvalue weighted by atomic mass is 16.5. The molecule has 0 radical (unpaired) electrons. The number of aromatic nitrogens is 3. The zero-order chi connectivity index (χ0) is 28.7. The van der Waals surface area contributed by atoms with Crippen LogP contribution in [0.1, 0.15) is 110 Å². The molecule has 0 aromatic carbocycles. The lowest BCUT2D eigenvalue weighted by atomic mass is 10.0. The van der Waals surface area contributed by atoms with Crippen molar-refractivity contribution in [3.8, 4) is 0 Å². The fourth-order valence-electron chi connectivity index (χ4n) is 5.95. The minimum atomic E-state index is -0.163. The van der Waals surface area contributed by atoms with E-state index in [0.29, 0.717) is 50.4 Å². The molecule has 3 aliphatic heterocycles.